The summed E-state index contributed by atoms with van der Waals surface area (Å²) < 4.78 is 25.0. The van der Waals surface area contributed by atoms with Crippen LogP contribution in [0.5, 0.6) is 0 Å². The zero-order valence-electron chi connectivity index (χ0n) is 52.6. The van der Waals surface area contributed by atoms with Crippen LogP contribution in [-0.2, 0) is 29.5 Å². The average molecular weight is 1620 g/mol. The first-order valence-corrected chi connectivity index (χ1v) is 38.3. The summed E-state index contributed by atoms with van der Waals surface area (Å²) in [6.45, 7) is 1.30. The van der Waals surface area contributed by atoms with E-state index in [4.69, 9.17) is 139 Å². The molecule has 0 bridgehead atoms. The zero-order valence-corrected chi connectivity index (χ0v) is 64.3. The van der Waals surface area contributed by atoms with Gasteiger partial charge in [-0.25, -0.2) is 28.4 Å². The molecule has 4 aromatic heterocycles. The number of carbonyl (C=O) groups is 3. The van der Waals surface area contributed by atoms with Crippen LogP contribution in [0, 0.1) is 0 Å². The molecule has 0 spiro atoms. The number of benzene rings is 6. The molecule has 3 aliphatic heterocycles. The fourth-order valence-electron chi connectivity index (χ4n) is 9.08. The van der Waals surface area contributed by atoms with E-state index in [2.05, 4.69) is 30.6 Å². The number of thiazole rings is 1. The van der Waals surface area contributed by atoms with Crippen molar-refractivity contribution in [3.63, 3.8) is 0 Å². The number of nitrogens with zero attached hydrogens (tertiary/aromatic N) is 7. The van der Waals surface area contributed by atoms with Gasteiger partial charge in [-0.1, -0.05) is 127 Å². The Morgan fingerprint density at radius 2 is 0.816 bits per heavy atom. The Balaban J connectivity index is 0.000000167. The lowest BCUT2D eigenvalue weighted by atomic mass is 10.1. The molecule has 98 heavy (non-hydrogen) atoms. The number of halogens is 10. The molecule has 10 N–H and O–H groups in total. The van der Waals surface area contributed by atoms with Crippen LogP contribution >= 0.6 is 163 Å². The highest BCUT2D eigenvalue weighted by atomic mass is 35.5. The predicted molar refractivity (Wildman–Crippen MR) is 415 cm³/mol. The molecular weight excluding hydrogens is 1560 g/mol. The van der Waals surface area contributed by atoms with Gasteiger partial charge < -0.3 is 48.3 Å². The maximum atomic E-state index is 12.3. The van der Waals surface area contributed by atoms with Crippen molar-refractivity contribution in [2.45, 2.75) is 39.2 Å². The van der Waals surface area contributed by atoms with Crippen molar-refractivity contribution in [1.82, 2.24) is 34.6 Å². The number of amides is 3. The lowest BCUT2D eigenvalue weighted by Crippen LogP contribution is -2.18. The maximum absolute atomic E-state index is 12.3. The second-order valence-electron chi connectivity index (χ2n) is 20.9. The van der Waals surface area contributed by atoms with Crippen LogP contribution in [0.3, 0.4) is 0 Å². The van der Waals surface area contributed by atoms with E-state index in [9.17, 15) is 22.8 Å². The molecule has 0 saturated heterocycles. The highest BCUT2D eigenvalue weighted by Gasteiger charge is 2.32. The van der Waals surface area contributed by atoms with Gasteiger partial charge in [0.25, 0.3) is 17.7 Å². The molecule has 33 heteroatoms. The minimum absolute atomic E-state index is 0.0375. The SMILES string of the molecule is CN1Cc2nc(Cl)cc(Cl)c2C1=O.CN1Cc2nc(Cl)cc(Nc3ccc(Cl)cc3S(C)(=O)=O)c2C1=O.CSc1cc(Cl)ccc1N.CSc1cc(Cl)ccc1N.CSc1cc(Cl)ccc1Nc1cc(Cl)nc2c1C(=O)N(C)C2.Nc1ccc(Cl)cc1.Nc1nc2ccc(Cl)cc2s1. The number of nitrogen functional groups attached to an aromatic ring is 4. The molecule has 6 aromatic carbocycles. The van der Waals surface area contributed by atoms with Gasteiger partial charge in [0.05, 0.1) is 96.3 Å². The lowest BCUT2D eigenvalue weighted by Gasteiger charge is -2.14. The van der Waals surface area contributed by atoms with Gasteiger partial charge in [-0.15, -0.1) is 35.3 Å². The lowest BCUT2D eigenvalue weighted by molar-refractivity contribution is 0.0809. The summed E-state index contributed by atoms with van der Waals surface area (Å²) in [5.41, 5.74) is 31.0. The Morgan fingerprint density at radius 1 is 0.439 bits per heavy atom. The van der Waals surface area contributed by atoms with Crippen LogP contribution in [0.25, 0.3) is 10.2 Å². The minimum Gasteiger partial charge on any atom is -0.399 e. The van der Waals surface area contributed by atoms with Gasteiger partial charge in [-0.2, -0.15) is 0 Å². The Kier molecular flexibility index (Phi) is 29.0. The summed E-state index contributed by atoms with van der Waals surface area (Å²) in [6.07, 6.45) is 7.01. The van der Waals surface area contributed by atoms with Crippen LogP contribution in [0.4, 0.5) is 44.9 Å². The van der Waals surface area contributed by atoms with Gasteiger partial charge in [-0.3, -0.25) is 14.4 Å². The van der Waals surface area contributed by atoms with Crippen LogP contribution in [0.1, 0.15) is 48.2 Å². The van der Waals surface area contributed by atoms with Crippen molar-refractivity contribution in [2.75, 3.05) is 79.7 Å². The van der Waals surface area contributed by atoms with Crippen molar-refractivity contribution < 1.29 is 22.8 Å². The first kappa shape index (κ1) is 79.1. The molecule has 7 heterocycles. The fourth-order valence-corrected chi connectivity index (χ4v) is 14.7. The standard InChI is InChI=1S/C15H13Cl2N3O3S.C15H13Cl2N3OS.C8H6Cl2N2O.C7H5ClN2S.2C7H8ClNS.C6H6ClN/c1-20-7-11-14(15(20)21)10(6-13(17)19-11)18-9-4-3-8(16)5-12(9)24(2,22)23;1-20-7-11-14(15(20)21)10(6-13(17)19-11)18-9-4-3-8(16)5-12(9)22-2;1-12-3-5-7(8(12)13)4(9)2-6(10)11-5;8-4-1-2-5-6(3-4)11-7(9)10-5;2*1-10-7-4-5(8)2-3-6(7)9;7-5-1-3-6(8)4-2-5/h3-6H,7H2,1-2H3,(H,18,19);3-6H,7H2,1-2H3,(H,18,19);2H,3H2,1H3;1-3H,(H2,9,10);2*2-4H,9H2,1H3;1-4H,8H2. The first-order valence-electron chi connectivity index (χ1n) is 28.2. The summed E-state index contributed by atoms with van der Waals surface area (Å²) >= 11 is 64.6. The number of sulfone groups is 1. The smallest absolute Gasteiger partial charge is 0.257 e. The van der Waals surface area contributed by atoms with Crippen LogP contribution in [0.15, 0.2) is 153 Å². The van der Waals surface area contributed by atoms with Gasteiger partial charge in [-0.05, 0) is 152 Å². The minimum atomic E-state index is -3.52. The Hall–Kier alpha value is -6.23. The molecule has 0 atom stereocenters. The van der Waals surface area contributed by atoms with Crippen molar-refractivity contribution in [3.8, 4) is 0 Å². The molecule has 0 unspecified atom stereocenters. The largest absolute Gasteiger partial charge is 0.399 e. The van der Waals surface area contributed by atoms with Crippen LogP contribution in [0.2, 0.25) is 50.6 Å². The number of rotatable bonds is 8. The van der Waals surface area contributed by atoms with E-state index >= 15 is 0 Å². The number of aromatic nitrogens is 4. The maximum Gasteiger partial charge on any atom is 0.257 e. The van der Waals surface area contributed by atoms with Gasteiger partial charge in [0, 0.05) is 89.3 Å². The molecular formula is C65H59Cl10N13O5S5. The second kappa shape index (κ2) is 35.9. The number of hydrogen-bond donors (Lipinski definition) is 6. The monoisotopic (exact) mass is 1610 g/mol. The number of anilines is 8. The van der Waals surface area contributed by atoms with E-state index in [0.717, 1.165) is 74.0 Å². The quantitative estimate of drug-likeness (QED) is 0.0469. The molecule has 0 fully saturated rings. The number of hydrogen-bond acceptors (Lipinski definition) is 19. The van der Waals surface area contributed by atoms with E-state index in [1.165, 1.54) is 34.4 Å². The predicted octanol–water partition coefficient (Wildman–Crippen LogP) is 19.3. The molecule has 3 aliphatic rings. The van der Waals surface area contributed by atoms with Crippen molar-refractivity contribution in [3.05, 3.63) is 218 Å². The highest BCUT2D eigenvalue weighted by molar-refractivity contribution is 7.99. The molecule has 0 radical (unpaired) electrons. The second-order valence-corrected chi connectivity index (χ2v) is 30.6. The fraction of sp³-hybridized carbons (Fsp3) is 0.154. The molecule has 3 amide bonds. The Bertz CT molecular complexity index is 4650. The summed E-state index contributed by atoms with van der Waals surface area (Å²) in [5, 5.41) is 12.0. The van der Waals surface area contributed by atoms with E-state index < -0.39 is 9.84 Å². The van der Waals surface area contributed by atoms with E-state index in [-0.39, 0.29) is 27.8 Å². The molecule has 13 rings (SSSR count). The molecule has 18 nitrogen and oxygen atoms in total. The number of thioether (sulfide) groups is 3. The number of nitrogens with one attached hydrogen (secondary N) is 2. The molecule has 514 valence electrons. The van der Waals surface area contributed by atoms with Crippen molar-refractivity contribution in [1.29, 1.82) is 0 Å². The third kappa shape index (κ3) is 21.6. The highest BCUT2D eigenvalue weighted by Crippen LogP contribution is 2.38. The van der Waals surface area contributed by atoms with E-state index in [0.29, 0.717) is 101 Å². The van der Waals surface area contributed by atoms with Gasteiger partial charge in [0.1, 0.15) is 15.5 Å². The zero-order chi connectivity index (χ0) is 72.0. The number of nitrogens with two attached hydrogens (primary N) is 4. The molecule has 10 aromatic rings. The number of pyridine rings is 3. The van der Waals surface area contributed by atoms with Gasteiger partial charge in [0.15, 0.2) is 15.0 Å². The average Bonchev–Trinajstić information content (AvgIpc) is 1.59. The van der Waals surface area contributed by atoms with Crippen LogP contribution in [-0.4, -0.2) is 107 Å². The first-order chi connectivity index (χ1) is 46.3. The van der Waals surface area contributed by atoms with E-state index in [1.54, 1.807) is 127 Å². The Morgan fingerprint density at radius 3 is 1.27 bits per heavy atom. The van der Waals surface area contributed by atoms with Crippen molar-refractivity contribution in [2.24, 2.45) is 0 Å². The van der Waals surface area contributed by atoms with Gasteiger partial charge >= 0.3 is 0 Å². The third-order valence-corrected chi connectivity index (χ3v) is 20.3. The van der Waals surface area contributed by atoms with Crippen LogP contribution < -0.4 is 33.6 Å². The summed E-state index contributed by atoms with van der Waals surface area (Å²) in [6, 6.07) is 38.2. The van der Waals surface area contributed by atoms with Crippen molar-refractivity contribution >= 4 is 245 Å². The van der Waals surface area contributed by atoms with E-state index in [1.807, 2.05) is 73.4 Å². The summed E-state index contributed by atoms with van der Waals surface area (Å²) in [5.74, 6) is -0.350. The summed E-state index contributed by atoms with van der Waals surface area (Å²) in [7, 11) is 1.59. The Labute approximate surface area is 633 Å². The van der Waals surface area contributed by atoms with Gasteiger partial charge in [0.2, 0.25) is 0 Å². The number of fused-ring (bicyclic) bond motifs is 4. The molecule has 0 saturated carbocycles. The topological polar surface area (TPSA) is 275 Å². The number of carbonyl (C=O) groups excluding carboxylic acids is 3. The molecule has 0 aliphatic carbocycles. The summed E-state index contributed by atoms with van der Waals surface area (Å²) in [4.78, 5) is 60.4. The third-order valence-electron chi connectivity index (χ3n) is 13.7. The normalized spacial score (nSPS) is 12.4.